The average molecular weight is 324 g/mol. The fourth-order valence-corrected chi connectivity index (χ4v) is 4.02. The van der Waals surface area contributed by atoms with Crippen molar-refractivity contribution in [2.75, 3.05) is 18.0 Å². The largest absolute Gasteiger partial charge is 0.438 e. The molecule has 1 saturated carbocycles. The monoisotopic (exact) mass is 324 g/mol. The van der Waals surface area contributed by atoms with Gasteiger partial charge in [-0.15, -0.1) is 0 Å². The maximum Gasteiger partial charge on any atom is 0.292 e. The molecule has 4 heterocycles. The van der Waals surface area contributed by atoms with E-state index in [0.717, 1.165) is 50.2 Å². The first-order chi connectivity index (χ1) is 11.8. The summed E-state index contributed by atoms with van der Waals surface area (Å²) >= 11 is 0. The van der Waals surface area contributed by atoms with Crippen molar-refractivity contribution in [2.45, 2.75) is 44.2 Å². The van der Waals surface area contributed by atoms with Crippen LogP contribution in [0, 0.1) is 0 Å². The summed E-state index contributed by atoms with van der Waals surface area (Å²) in [5, 5.41) is 0. The van der Waals surface area contributed by atoms with Gasteiger partial charge in [-0.05, 0) is 37.8 Å². The lowest BCUT2D eigenvalue weighted by Gasteiger charge is -2.27. The predicted molar refractivity (Wildman–Crippen MR) is 87.8 cm³/mol. The van der Waals surface area contributed by atoms with Crippen molar-refractivity contribution in [1.29, 1.82) is 0 Å². The van der Waals surface area contributed by atoms with E-state index in [-0.39, 0.29) is 5.91 Å². The van der Waals surface area contributed by atoms with Gasteiger partial charge in [-0.25, -0.2) is 4.98 Å². The van der Waals surface area contributed by atoms with Gasteiger partial charge in [0.05, 0.1) is 23.6 Å². The van der Waals surface area contributed by atoms with Gasteiger partial charge in [-0.2, -0.15) is 0 Å². The van der Waals surface area contributed by atoms with E-state index in [2.05, 4.69) is 20.9 Å². The van der Waals surface area contributed by atoms with Crippen molar-refractivity contribution < 1.29 is 9.21 Å². The van der Waals surface area contributed by atoms with Gasteiger partial charge in [0, 0.05) is 31.2 Å². The van der Waals surface area contributed by atoms with Gasteiger partial charge in [-0.3, -0.25) is 9.78 Å². The Balaban J connectivity index is 1.50. The third-order valence-corrected chi connectivity index (χ3v) is 5.37. The van der Waals surface area contributed by atoms with Crippen LogP contribution in [-0.4, -0.2) is 39.9 Å². The molecule has 0 aromatic carbocycles. The fraction of sp³-hybridized carbons (Fsp3) is 0.500. The van der Waals surface area contributed by atoms with Crippen LogP contribution >= 0.6 is 0 Å². The van der Waals surface area contributed by atoms with E-state index in [1.807, 2.05) is 17.2 Å². The summed E-state index contributed by atoms with van der Waals surface area (Å²) in [5.41, 5.74) is 2.99. The highest BCUT2D eigenvalue weighted by atomic mass is 16.3. The molecule has 1 saturated heterocycles. The van der Waals surface area contributed by atoms with Crippen molar-refractivity contribution >= 4 is 11.6 Å². The summed E-state index contributed by atoms with van der Waals surface area (Å²) in [6, 6.07) is 4.47. The number of rotatable bonds is 2. The van der Waals surface area contributed by atoms with Crippen LogP contribution in [0.1, 0.15) is 53.5 Å². The molecule has 0 spiro atoms. The molecule has 124 valence electrons. The molecule has 0 bridgehead atoms. The highest BCUT2D eigenvalue weighted by molar-refractivity contribution is 5.93. The molecule has 0 N–H and O–H groups in total. The molecule has 2 aromatic rings. The Morgan fingerprint density at radius 3 is 3.04 bits per heavy atom. The van der Waals surface area contributed by atoms with Gasteiger partial charge in [0.1, 0.15) is 0 Å². The van der Waals surface area contributed by atoms with Crippen molar-refractivity contribution in [3.63, 3.8) is 0 Å². The van der Waals surface area contributed by atoms with Gasteiger partial charge in [0.15, 0.2) is 6.39 Å². The standard InChI is InChI=1S/C18H20N4O2/c23-18(17-16(12-5-6-12)20-11-24-17)21-9-13-3-2-8-22(13)15-4-1-7-19-14(15)10-21/h1,4,7,11-13H,2-3,5-6,8-10H2/t13-/m0/s1. The van der Waals surface area contributed by atoms with Gasteiger partial charge >= 0.3 is 0 Å². The van der Waals surface area contributed by atoms with Crippen LogP contribution < -0.4 is 4.90 Å². The quantitative estimate of drug-likeness (QED) is 0.849. The fourth-order valence-electron chi connectivity index (χ4n) is 4.02. The molecule has 1 aliphatic carbocycles. The molecular weight excluding hydrogens is 304 g/mol. The van der Waals surface area contributed by atoms with Gasteiger partial charge in [0.2, 0.25) is 5.76 Å². The Hall–Kier alpha value is -2.37. The number of hydrogen-bond donors (Lipinski definition) is 0. The first kappa shape index (κ1) is 14.0. The van der Waals surface area contributed by atoms with Gasteiger partial charge < -0.3 is 14.2 Å². The summed E-state index contributed by atoms with van der Waals surface area (Å²) in [6.07, 6.45) is 7.70. The minimum absolute atomic E-state index is 0.0419. The molecule has 3 aliphatic rings. The highest BCUT2D eigenvalue weighted by Crippen LogP contribution is 2.41. The van der Waals surface area contributed by atoms with E-state index < -0.39 is 0 Å². The number of pyridine rings is 1. The molecule has 6 heteroatoms. The minimum Gasteiger partial charge on any atom is -0.438 e. The molecule has 1 atom stereocenters. The van der Waals surface area contributed by atoms with E-state index in [1.165, 1.54) is 12.1 Å². The summed E-state index contributed by atoms with van der Waals surface area (Å²) in [6.45, 7) is 2.30. The van der Waals surface area contributed by atoms with E-state index >= 15 is 0 Å². The molecule has 1 amide bonds. The molecule has 2 fully saturated rings. The molecule has 2 aliphatic heterocycles. The Labute approximate surface area is 140 Å². The first-order valence-corrected chi connectivity index (χ1v) is 8.74. The second-order valence-corrected chi connectivity index (χ2v) is 6.99. The number of carbonyl (C=O) groups excluding carboxylic acids is 1. The lowest BCUT2D eigenvalue weighted by Crippen LogP contribution is -2.40. The van der Waals surface area contributed by atoms with Crippen LogP contribution in [0.5, 0.6) is 0 Å². The molecular formula is C18H20N4O2. The van der Waals surface area contributed by atoms with Crippen LogP contribution in [0.4, 0.5) is 5.69 Å². The first-order valence-electron chi connectivity index (χ1n) is 8.74. The van der Waals surface area contributed by atoms with Gasteiger partial charge in [0.25, 0.3) is 5.91 Å². The average Bonchev–Trinajstić information content (AvgIpc) is 3.20. The molecule has 6 nitrogen and oxygen atoms in total. The Kier molecular flexibility index (Phi) is 3.11. The number of carbonyl (C=O) groups is 1. The molecule has 0 unspecified atom stereocenters. The molecule has 24 heavy (non-hydrogen) atoms. The maximum absolute atomic E-state index is 13.1. The number of fused-ring (bicyclic) bond motifs is 3. The maximum atomic E-state index is 13.1. The third-order valence-electron chi connectivity index (χ3n) is 5.37. The zero-order valence-corrected chi connectivity index (χ0v) is 13.5. The summed E-state index contributed by atoms with van der Waals surface area (Å²) in [7, 11) is 0. The Bertz CT molecular complexity index is 783. The number of amides is 1. The lowest BCUT2D eigenvalue weighted by atomic mass is 10.2. The van der Waals surface area contributed by atoms with E-state index in [0.29, 0.717) is 24.3 Å². The third kappa shape index (κ3) is 2.20. The Morgan fingerprint density at radius 1 is 1.25 bits per heavy atom. The van der Waals surface area contributed by atoms with Crippen LogP contribution in [0.15, 0.2) is 29.1 Å². The summed E-state index contributed by atoms with van der Waals surface area (Å²) in [4.78, 5) is 26.3. The normalized spacial score (nSPS) is 22.9. The van der Waals surface area contributed by atoms with Crippen molar-refractivity contribution in [2.24, 2.45) is 0 Å². The molecule has 5 rings (SSSR count). The van der Waals surface area contributed by atoms with E-state index in [9.17, 15) is 4.79 Å². The topological polar surface area (TPSA) is 62.5 Å². The number of anilines is 1. The van der Waals surface area contributed by atoms with Crippen molar-refractivity contribution in [3.05, 3.63) is 41.9 Å². The Morgan fingerprint density at radius 2 is 2.17 bits per heavy atom. The van der Waals surface area contributed by atoms with Crippen molar-refractivity contribution in [1.82, 2.24) is 14.9 Å². The zero-order chi connectivity index (χ0) is 16.1. The number of oxazole rings is 1. The highest BCUT2D eigenvalue weighted by Gasteiger charge is 2.37. The summed E-state index contributed by atoms with van der Waals surface area (Å²) in [5.74, 6) is 0.796. The van der Waals surface area contributed by atoms with Gasteiger partial charge in [-0.1, -0.05) is 0 Å². The second kappa shape index (κ2) is 5.33. The second-order valence-electron chi connectivity index (χ2n) is 6.99. The predicted octanol–water partition coefficient (Wildman–Crippen LogP) is 2.57. The molecule has 2 aromatic heterocycles. The number of hydrogen-bond acceptors (Lipinski definition) is 5. The van der Waals surface area contributed by atoms with Crippen LogP contribution in [-0.2, 0) is 6.54 Å². The number of aromatic nitrogens is 2. The van der Waals surface area contributed by atoms with Crippen LogP contribution in [0.3, 0.4) is 0 Å². The van der Waals surface area contributed by atoms with Crippen LogP contribution in [0.25, 0.3) is 0 Å². The van der Waals surface area contributed by atoms with Crippen LogP contribution in [0.2, 0.25) is 0 Å². The number of nitrogens with zero attached hydrogens (tertiary/aromatic N) is 4. The lowest BCUT2D eigenvalue weighted by molar-refractivity contribution is 0.0702. The van der Waals surface area contributed by atoms with Crippen molar-refractivity contribution in [3.8, 4) is 0 Å². The SMILES string of the molecule is O=C(c1ocnc1C1CC1)N1Cc2ncccc2N2CCC[C@H]2C1. The zero-order valence-electron chi connectivity index (χ0n) is 13.5. The minimum atomic E-state index is -0.0419. The molecule has 0 radical (unpaired) electrons. The summed E-state index contributed by atoms with van der Waals surface area (Å²) < 4.78 is 5.48. The van der Waals surface area contributed by atoms with E-state index in [1.54, 1.807) is 0 Å². The smallest absolute Gasteiger partial charge is 0.292 e. The van der Waals surface area contributed by atoms with E-state index in [4.69, 9.17) is 4.42 Å².